The summed E-state index contributed by atoms with van der Waals surface area (Å²) in [6.07, 6.45) is 4.22. The van der Waals surface area contributed by atoms with Crippen molar-refractivity contribution in [2.75, 3.05) is 18.5 Å². The summed E-state index contributed by atoms with van der Waals surface area (Å²) in [5, 5.41) is 5.60. The van der Waals surface area contributed by atoms with Crippen LogP contribution >= 0.6 is 0 Å². The van der Waals surface area contributed by atoms with Crippen LogP contribution in [0.25, 0.3) is 0 Å². The molecule has 1 atom stereocenters. The molecule has 2 aliphatic rings. The second-order valence-corrected chi connectivity index (χ2v) is 5.37. The summed E-state index contributed by atoms with van der Waals surface area (Å²) in [5.41, 5.74) is 0.779. The number of hydrogen-bond acceptors (Lipinski definition) is 3. The Morgan fingerprint density at radius 3 is 2.75 bits per heavy atom. The molecule has 0 radical (unpaired) electrons. The number of ether oxygens (including phenoxy) is 2. The van der Waals surface area contributed by atoms with Gasteiger partial charge in [-0.05, 0) is 25.0 Å². The molecule has 5 nitrogen and oxygen atoms in total. The molecule has 1 spiro atoms. The molecule has 1 aliphatic heterocycles. The molecule has 1 saturated heterocycles. The van der Waals surface area contributed by atoms with Crippen molar-refractivity contribution in [1.29, 1.82) is 0 Å². The van der Waals surface area contributed by atoms with Crippen LogP contribution in [0.5, 0.6) is 0 Å². The Morgan fingerprint density at radius 1 is 1.25 bits per heavy atom. The van der Waals surface area contributed by atoms with Gasteiger partial charge in [0.1, 0.15) is 6.10 Å². The average molecular weight is 276 g/mol. The van der Waals surface area contributed by atoms with Crippen molar-refractivity contribution in [2.24, 2.45) is 0 Å². The van der Waals surface area contributed by atoms with E-state index >= 15 is 0 Å². The fourth-order valence-electron chi connectivity index (χ4n) is 2.80. The van der Waals surface area contributed by atoms with Crippen LogP contribution in [0.3, 0.4) is 0 Å². The Kier molecular flexibility index (Phi) is 3.89. The van der Waals surface area contributed by atoms with Crippen molar-refractivity contribution < 1.29 is 14.3 Å². The van der Waals surface area contributed by atoms with Crippen LogP contribution in [0.15, 0.2) is 30.3 Å². The fraction of sp³-hybridized carbons (Fsp3) is 0.533. The monoisotopic (exact) mass is 276 g/mol. The molecule has 108 valence electrons. The van der Waals surface area contributed by atoms with Crippen molar-refractivity contribution in [3.05, 3.63) is 30.3 Å². The molecule has 0 unspecified atom stereocenters. The summed E-state index contributed by atoms with van der Waals surface area (Å²) in [5.74, 6) is -0.359. The molecule has 1 aliphatic carbocycles. The Bertz CT molecular complexity index is 457. The number of para-hydroxylation sites is 1. The minimum Gasteiger partial charge on any atom is -0.347 e. The molecular weight excluding hydrogens is 256 g/mol. The van der Waals surface area contributed by atoms with Gasteiger partial charge in [-0.25, -0.2) is 4.79 Å². The first-order valence-corrected chi connectivity index (χ1v) is 7.17. The lowest BCUT2D eigenvalue weighted by Gasteiger charge is -2.21. The van der Waals surface area contributed by atoms with Gasteiger partial charge < -0.3 is 20.1 Å². The van der Waals surface area contributed by atoms with Crippen LogP contribution in [0.2, 0.25) is 0 Å². The number of urea groups is 1. The van der Waals surface area contributed by atoms with Gasteiger partial charge in [0.25, 0.3) is 0 Å². The maximum atomic E-state index is 11.8. The largest absolute Gasteiger partial charge is 0.347 e. The minimum absolute atomic E-state index is 0.0466. The molecule has 20 heavy (non-hydrogen) atoms. The number of anilines is 1. The second-order valence-electron chi connectivity index (χ2n) is 5.37. The van der Waals surface area contributed by atoms with E-state index in [1.807, 2.05) is 30.3 Å². The van der Waals surface area contributed by atoms with Crippen LogP contribution in [-0.4, -0.2) is 31.1 Å². The van der Waals surface area contributed by atoms with Gasteiger partial charge in [0, 0.05) is 25.1 Å². The molecule has 1 saturated carbocycles. The lowest BCUT2D eigenvalue weighted by Crippen LogP contribution is -2.37. The lowest BCUT2D eigenvalue weighted by atomic mass is 10.2. The summed E-state index contributed by atoms with van der Waals surface area (Å²) in [7, 11) is 0. The highest BCUT2D eigenvalue weighted by Gasteiger charge is 2.43. The topological polar surface area (TPSA) is 59.6 Å². The first-order valence-electron chi connectivity index (χ1n) is 7.17. The normalized spacial score (nSPS) is 23.9. The zero-order valence-electron chi connectivity index (χ0n) is 11.4. The SMILES string of the molecule is O=C(NC[C@H]1COC2(CCCC2)O1)Nc1ccccc1. The van der Waals surface area contributed by atoms with E-state index in [1.54, 1.807) is 0 Å². The molecule has 1 aromatic rings. The lowest BCUT2D eigenvalue weighted by molar-refractivity contribution is -0.160. The molecule has 5 heteroatoms. The number of hydrogen-bond donors (Lipinski definition) is 2. The van der Waals surface area contributed by atoms with Gasteiger partial charge in [0.2, 0.25) is 0 Å². The average Bonchev–Trinajstić information content (AvgIpc) is 3.08. The van der Waals surface area contributed by atoms with E-state index in [-0.39, 0.29) is 17.9 Å². The number of nitrogens with one attached hydrogen (secondary N) is 2. The number of rotatable bonds is 3. The van der Waals surface area contributed by atoms with Gasteiger partial charge in [-0.1, -0.05) is 18.2 Å². The van der Waals surface area contributed by atoms with Crippen molar-refractivity contribution in [3.63, 3.8) is 0 Å². The van der Waals surface area contributed by atoms with Crippen LogP contribution in [0, 0.1) is 0 Å². The summed E-state index contributed by atoms with van der Waals surface area (Å²) in [6.45, 7) is 1.03. The fourth-order valence-corrected chi connectivity index (χ4v) is 2.80. The van der Waals surface area contributed by atoms with Gasteiger partial charge in [-0.15, -0.1) is 0 Å². The third-order valence-electron chi connectivity index (χ3n) is 3.80. The number of amides is 2. The smallest absolute Gasteiger partial charge is 0.319 e. The maximum Gasteiger partial charge on any atom is 0.319 e. The van der Waals surface area contributed by atoms with E-state index in [1.165, 1.54) is 0 Å². The van der Waals surface area contributed by atoms with Gasteiger partial charge in [0.15, 0.2) is 5.79 Å². The van der Waals surface area contributed by atoms with Crippen LogP contribution < -0.4 is 10.6 Å². The molecule has 1 aromatic carbocycles. The predicted octanol–water partition coefficient (Wildman–Crippen LogP) is 2.49. The highest BCUT2D eigenvalue weighted by atomic mass is 16.7. The molecule has 1 heterocycles. The maximum absolute atomic E-state index is 11.8. The van der Waals surface area contributed by atoms with Crippen molar-refractivity contribution in [2.45, 2.75) is 37.6 Å². The molecule has 3 rings (SSSR count). The van der Waals surface area contributed by atoms with Crippen molar-refractivity contribution in [1.82, 2.24) is 5.32 Å². The number of carbonyl (C=O) groups is 1. The standard InChI is InChI=1S/C15H20N2O3/c18-14(17-12-6-2-1-3-7-12)16-10-13-11-19-15(20-13)8-4-5-9-15/h1-3,6-7,13H,4-5,8-11H2,(H2,16,17,18)/t13-/m0/s1. The molecule has 2 N–H and O–H groups in total. The third-order valence-corrected chi connectivity index (χ3v) is 3.80. The highest BCUT2D eigenvalue weighted by Crippen LogP contribution is 2.38. The van der Waals surface area contributed by atoms with E-state index in [0.29, 0.717) is 13.2 Å². The van der Waals surface area contributed by atoms with E-state index in [2.05, 4.69) is 10.6 Å². The van der Waals surface area contributed by atoms with E-state index in [9.17, 15) is 4.79 Å². The van der Waals surface area contributed by atoms with Gasteiger partial charge in [0.05, 0.1) is 6.61 Å². The Morgan fingerprint density at radius 2 is 2.00 bits per heavy atom. The summed E-state index contributed by atoms with van der Waals surface area (Å²) >= 11 is 0. The summed E-state index contributed by atoms with van der Waals surface area (Å²) in [6, 6.07) is 9.16. The molecule has 0 bridgehead atoms. The summed E-state index contributed by atoms with van der Waals surface area (Å²) < 4.78 is 11.7. The van der Waals surface area contributed by atoms with Crippen molar-refractivity contribution in [3.8, 4) is 0 Å². The number of carbonyl (C=O) groups excluding carboxylic acids is 1. The first-order chi connectivity index (χ1) is 9.76. The highest BCUT2D eigenvalue weighted by molar-refractivity contribution is 5.89. The number of benzene rings is 1. The Hall–Kier alpha value is -1.59. The van der Waals surface area contributed by atoms with E-state index in [0.717, 1.165) is 31.4 Å². The van der Waals surface area contributed by atoms with Crippen LogP contribution in [-0.2, 0) is 9.47 Å². The predicted molar refractivity (Wildman–Crippen MR) is 75.5 cm³/mol. The van der Waals surface area contributed by atoms with Gasteiger partial charge in [-0.3, -0.25) is 0 Å². The van der Waals surface area contributed by atoms with Crippen molar-refractivity contribution >= 4 is 11.7 Å². The molecule has 2 fully saturated rings. The second kappa shape index (κ2) is 5.81. The molecular formula is C15H20N2O3. The minimum atomic E-state index is -0.359. The molecule has 0 aromatic heterocycles. The third kappa shape index (κ3) is 3.11. The Labute approximate surface area is 118 Å². The first kappa shape index (κ1) is 13.4. The van der Waals surface area contributed by atoms with Crippen LogP contribution in [0.4, 0.5) is 10.5 Å². The summed E-state index contributed by atoms with van der Waals surface area (Å²) in [4.78, 5) is 11.8. The van der Waals surface area contributed by atoms with Gasteiger partial charge >= 0.3 is 6.03 Å². The van der Waals surface area contributed by atoms with Crippen LogP contribution in [0.1, 0.15) is 25.7 Å². The zero-order valence-corrected chi connectivity index (χ0v) is 11.4. The van der Waals surface area contributed by atoms with E-state index in [4.69, 9.17) is 9.47 Å². The zero-order chi connectivity index (χ0) is 13.8. The van der Waals surface area contributed by atoms with E-state index < -0.39 is 0 Å². The molecule has 2 amide bonds. The van der Waals surface area contributed by atoms with Gasteiger partial charge in [-0.2, -0.15) is 0 Å². The Balaban J connectivity index is 1.42. The quantitative estimate of drug-likeness (QED) is 0.891.